The van der Waals surface area contributed by atoms with Crippen LogP contribution in [-0.4, -0.2) is 23.4 Å². The minimum Gasteiger partial charge on any atom is -0.444 e. The van der Waals surface area contributed by atoms with Crippen molar-refractivity contribution in [3.63, 3.8) is 0 Å². The number of hydrogen-bond donors (Lipinski definition) is 3. The Morgan fingerprint density at radius 3 is 2.67 bits per heavy atom. The summed E-state index contributed by atoms with van der Waals surface area (Å²) in [7, 11) is 0. The number of nitrogens with one attached hydrogen (secondary N) is 2. The van der Waals surface area contributed by atoms with E-state index in [-0.39, 0.29) is 11.0 Å². The second-order valence-corrected chi connectivity index (χ2v) is 6.34. The number of benzene rings is 1. The zero-order valence-corrected chi connectivity index (χ0v) is 13.7. The summed E-state index contributed by atoms with van der Waals surface area (Å²) in [6, 6.07) is 7.75. The summed E-state index contributed by atoms with van der Waals surface area (Å²) in [5.41, 5.74) is 6.88. The number of alkyl carbamates (subject to hydrolysis) is 1. The Labute approximate surface area is 131 Å². The van der Waals surface area contributed by atoms with Crippen LogP contribution < -0.4 is 16.4 Å². The molecule has 0 bridgehead atoms. The van der Waals surface area contributed by atoms with Crippen LogP contribution in [0.15, 0.2) is 24.3 Å². The van der Waals surface area contributed by atoms with Gasteiger partial charge in [-0.15, -0.1) is 0 Å². The van der Waals surface area contributed by atoms with E-state index >= 15 is 0 Å². The van der Waals surface area contributed by atoms with Crippen LogP contribution in [0.25, 0.3) is 0 Å². The number of rotatable bonds is 4. The van der Waals surface area contributed by atoms with Gasteiger partial charge in [0.15, 0.2) is 5.11 Å². The van der Waals surface area contributed by atoms with Gasteiger partial charge in [0.2, 0.25) is 0 Å². The van der Waals surface area contributed by atoms with E-state index in [1.54, 1.807) is 0 Å². The number of ether oxygens (including phenoxy) is 1. The molecule has 1 aromatic rings. The summed E-state index contributed by atoms with van der Waals surface area (Å²) in [4.78, 5) is 11.6. The Morgan fingerprint density at radius 2 is 2.10 bits per heavy atom. The Balaban J connectivity index is 2.57. The lowest BCUT2D eigenvalue weighted by Gasteiger charge is -2.21. The summed E-state index contributed by atoms with van der Waals surface area (Å²) < 4.78 is 5.20. The highest BCUT2D eigenvalue weighted by Gasteiger charge is 2.16. The second kappa shape index (κ2) is 7.26. The van der Waals surface area contributed by atoms with Gasteiger partial charge in [0.25, 0.3) is 0 Å². The first-order valence-electron chi connectivity index (χ1n) is 6.80. The van der Waals surface area contributed by atoms with E-state index in [0.29, 0.717) is 6.54 Å². The number of carbonyl (C=O) groups is 1. The molecule has 0 aliphatic rings. The van der Waals surface area contributed by atoms with Gasteiger partial charge in [0, 0.05) is 12.2 Å². The fourth-order valence-corrected chi connectivity index (χ4v) is 1.85. The lowest BCUT2D eigenvalue weighted by molar-refractivity contribution is 0.0525. The van der Waals surface area contributed by atoms with Crippen molar-refractivity contribution in [3.05, 3.63) is 29.8 Å². The van der Waals surface area contributed by atoms with Crippen LogP contribution >= 0.6 is 12.2 Å². The van der Waals surface area contributed by atoms with E-state index in [1.165, 1.54) is 0 Å². The van der Waals surface area contributed by atoms with Crippen LogP contribution in [0.1, 0.15) is 39.2 Å². The fourth-order valence-electron chi connectivity index (χ4n) is 1.73. The first-order valence-corrected chi connectivity index (χ1v) is 7.21. The second-order valence-electron chi connectivity index (χ2n) is 5.90. The van der Waals surface area contributed by atoms with Crippen molar-refractivity contribution in [1.82, 2.24) is 5.32 Å². The van der Waals surface area contributed by atoms with Crippen molar-refractivity contribution in [2.24, 2.45) is 5.73 Å². The largest absolute Gasteiger partial charge is 0.444 e. The highest BCUT2D eigenvalue weighted by atomic mass is 32.1. The van der Waals surface area contributed by atoms with Gasteiger partial charge in [-0.05, 0) is 56.6 Å². The van der Waals surface area contributed by atoms with E-state index < -0.39 is 11.7 Å². The molecular weight excluding hydrogens is 286 g/mol. The number of nitrogens with two attached hydrogens (primary N) is 1. The van der Waals surface area contributed by atoms with Gasteiger partial charge in [0.1, 0.15) is 5.60 Å². The minimum absolute atomic E-state index is 0.144. The zero-order chi connectivity index (χ0) is 16.0. The van der Waals surface area contributed by atoms with E-state index in [9.17, 15) is 4.79 Å². The van der Waals surface area contributed by atoms with E-state index in [2.05, 4.69) is 10.6 Å². The molecule has 0 aliphatic carbocycles. The molecule has 1 unspecified atom stereocenters. The van der Waals surface area contributed by atoms with Crippen molar-refractivity contribution >= 4 is 29.1 Å². The maximum atomic E-state index is 11.6. The van der Waals surface area contributed by atoms with Gasteiger partial charge in [-0.2, -0.15) is 0 Å². The average Bonchev–Trinajstić information content (AvgIpc) is 2.33. The molecule has 1 aromatic carbocycles. The number of hydrogen-bond acceptors (Lipinski definition) is 3. The third-order valence-corrected chi connectivity index (χ3v) is 2.78. The van der Waals surface area contributed by atoms with Crippen LogP contribution in [0.3, 0.4) is 0 Å². The molecule has 4 N–H and O–H groups in total. The average molecular weight is 309 g/mol. The molecule has 0 saturated heterocycles. The van der Waals surface area contributed by atoms with Crippen molar-refractivity contribution in [2.75, 3.05) is 11.9 Å². The van der Waals surface area contributed by atoms with Gasteiger partial charge in [0.05, 0.1) is 0 Å². The maximum Gasteiger partial charge on any atom is 0.407 e. The SMILES string of the molecule is CC(CNC(=O)OC(C)(C)C)c1cccc(NC(N)=S)c1. The molecule has 0 radical (unpaired) electrons. The first-order chi connectivity index (χ1) is 9.67. The highest BCUT2D eigenvalue weighted by Crippen LogP contribution is 2.19. The molecule has 0 fully saturated rings. The number of anilines is 1. The third kappa shape index (κ3) is 6.94. The molecule has 1 amide bonds. The predicted molar refractivity (Wildman–Crippen MR) is 89.5 cm³/mol. The minimum atomic E-state index is -0.492. The van der Waals surface area contributed by atoms with Crippen molar-refractivity contribution in [3.8, 4) is 0 Å². The van der Waals surface area contributed by atoms with Crippen LogP contribution in [0.4, 0.5) is 10.5 Å². The molecule has 0 saturated carbocycles. The number of thiocarbonyl (C=S) groups is 1. The van der Waals surface area contributed by atoms with Crippen LogP contribution in [-0.2, 0) is 4.74 Å². The molecule has 0 aliphatic heterocycles. The summed E-state index contributed by atoms with van der Waals surface area (Å²) in [5.74, 6) is 0.144. The van der Waals surface area contributed by atoms with Crippen LogP contribution in [0, 0.1) is 0 Å². The smallest absolute Gasteiger partial charge is 0.407 e. The number of amides is 1. The summed E-state index contributed by atoms with van der Waals surface area (Å²) in [6.45, 7) is 8.02. The van der Waals surface area contributed by atoms with Gasteiger partial charge in [-0.1, -0.05) is 19.1 Å². The third-order valence-electron chi connectivity index (χ3n) is 2.67. The molecule has 6 heteroatoms. The monoisotopic (exact) mass is 309 g/mol. The Bertz CT molecular complexity index is 512. The maximum absolute atomic E-state index is 11.6. The Kier molecular flexibility index (Phi) is 5.96. The predicted octanol–water partition coefficient (Wildman–Crippen LogP) is 2.97. The Morgan fingerprint density at radius 1 is 1.43 bits per heavy atom. The zero-order valence-electron chi connectivity index (χ0n) is 12.9. The molecule has 1 rings (SSSR count). The molecule has 0 aromatic heterocycles. The molecular formula is C15H23N3O2S. The van der Waals surface area contributed by atoms with E-state index in [1.807, 2.05) is 52.0 Å². The van der Waals surface area contributed by atoms with E-state index in [0.717, 1.165) is 11.3 Å². The van der Waals surface area contributed by atoms with Gasteiger partial charge < -0.3 is 21.1 Å². The number of carbonyl (C=O) groups excluding carboxylic acids is 1. The van der Waals surface area contributed by atoms with Crippen molar-refractivity contribution in [2.45, 2.75) is 39.2 Å². The molecule has 5 nitrogen and oxygen atoms in total. The van der Waals surface area contributed by atoms with Gasteiger partial charge in [-0.3, -0.25) is 0 Å². The van der Waals surface area contributed by atoms with Gasteiger partial charge >= 0.3 is 6.09 Å². The summed E-state index contributed by atoms with van der Waals surface area (Å²) in [5, 5.41) is 5.89. The van der Waals surface area contributed by atoms with Crippen LogP contribution in [0.5, 0.6) is 0 Å². The molecule has 1 atom stereocenters. The fraction of sp³-hybridized carbons (Fsp3) is 0.467. The van der Waals surface area contributed by atoms with Gasteiger partial charge in [-0.25, -0.2) is 4.79 Å². The quantitative estimate of drug-likeness (QED) is 0.745. The van der Waals surface area contributed by atoms with Crippen molar-refractivity contribution < 1.29 is 9.53 Å². The Hall–Kier alpha value is -1.82. The molecule has 116 valence electrons. The summed E-state index contributed by atoms with van der Waals surface area (Å²) in [6.07, 6.45) is -0.410. The topological polar surface area (TPSA) is 76.4 Å². The normalized spacial score (nSPS) is 12.4. The van der Waals surface area contributed by atoms with Crippen LogP contribution in [0.2, 0.25) is 0 Å². The first kappa shape index (κ1) is 17.2. The summed E-state index contributed by atoms with van der Waals surface area (Å²) >= 11 is 4.82. The standard InChI is InChI=1S/C15H23N3O2S/c1-10(9-17-14(19)20-15(2,3)4)11-6-5-7-12(8-11)18-13(16)21/h5-8,10H,9H2,1-4H3,(H,17,19)(H3,16,18,21). The van der Waals surface area contributed by atoms with E-state index in [4.69, 9.17) is 22.7 Å². The van der Waals surface area contributed by atoms with Crippen molar-refractivity contribution in [1.29, 1.82) is 0 Å². The molecule has 0 heterocycles. The lowest BCUT2D eigenvalue weighted by atomic mass is 10.0. The highest BCUT2D eigenvalue weighted by molar-refractivity contribution is 7.80. The molecule has 0 spiro atoms. The molecule has 21 heavy (non-hydrogen) atoms. The lowest BCUT2D eigenvalue weighted by Crippen LogP contribution is -2.34.